The summed E-state index contributed by atoms with van der Waals surface area (Å²) in [5.41, 5.74) is 1.51. The fraction of sp³-hybridized carbons (Fsp3) is 0.500. The quantitative estimate of drug-likeness (QED) is 0.718. The van der Waals surface area contributed by atoms with Crippen LogP contribution in [0, 0.1) is 5.41 Å². The Hall–Kier alpha value is -2.57. The highest BCUT2D eigenvalue weighted by Crippen LogP contribution is 2.68. The minimum Gasteiger partial charge on any atom is -0.504 e. The van der Waals surface area contributed by atoms with E-state index in [2.05, 4.69) is 18.0 Å². The third-order valence-corrected chi connectivity index (χ3v) is 9.34. The van der Waals surface area contributed by atoms with Gasteiger partial charge in [-0.2, -0.15) is 0 Å². The zero-order valence-corrected chi connectivity index (χ0v) is 18.4. The Morgan fingerprint density at radius 2 is 2.03 bits per heavy atom. The number of aliphatic hydroxyl groups is 1. The number of fused-ring (bicyclic) bond motifs is 1. The first-order chi connectivity index (χ1) is 15.3. The molecular formula is C26H27NO5. The number of carbonyl (C=O) groups excluding carboxylic acids is 1. The van der Waals surface area contributed by atoms with Crippen LogP contribution in [0.25, 0.3) is 0 Å². The van der Waals surface area contributed by atoms with E-state index in [4.69, 9.17) is 9.47 Å². The molecule has 5 atom stereocenters. The van der Waals surface area contributed by atoms with Gasteiger partial charge in [-0.05, 0) is 74.5 Å². The van der Waals surface area contributed by atoms with E-state index in [1.807, 2.05) is 18.2 Å². The van der Waals surface area contributed by atoms with Gasteiger partial charge < -0.3 is 24.6 Å². The molecular weight excluding hydrogens is 406 g/mol. The van der Waals surface area contributed by atoms with E-state index in [1.165, 1.54) is 0 Å². The zero-order valence-electron chi connectivity index (χ0n) is 18.4. The summed E-state index contributed by atoms with van der Waals surface area (Å²) in [4.78, 5) is 16.6. The maximum absolute atomic E-state index is 14.3. The molecule has 1 saturated heterocycles. The number of rotatable bonds is 1. The van der Waals surface area contributed by atoms with Crippen molar-refractivity contribution in [1.29, 1.82) is 0 Å². The molecule has 1 saturated carbocycles. The fourth-order valence-electron chi connectivity index (χ4n) is 8.03. The highest BCUT2D eigenvalue weighted by Gasteiger charge is 2.77. The van der Waals surface area contributed by atoms with Crippen molar-refractivity contribution in [3.8, 4) is 17.2 Å². The van der Waals surface area contributed by atoms with Crippen LogP contribution in [-0.2, 0) is 29.5 Å². The predicted molar refractivity (Wildman–Crippen MR) is 116 cm³/mol. The lowest BCUT2D eigenvalue weighted by Gasteiger charge is -2.64. The maximum Gasteiger partial charge on any atom is 0.181 e. The predicted octanol–water partition coefficient (Wildman–Crippen LogP) is 2.15. The van der Waals surface area contributed by atoms with E-state index >= 15 is 0 Å². The number of benzene rings is 2. The molecule has 5 aliphatic rings. The third-order valence-electron chi connectivity index (χ3n) is 9.34. The molecule has 2 fully saturated rings. The van der Waals surface area contributed by atoms with Gasteiger partial charge in [-0.3, -0.25) is 4.79 Å². The Morgan fingerprint density at radius 1 is 1.19 bits per heavy atom. The molecule has 2 spiro atoms. The van der Waals surface area contributed by atoms with Crippen LogP contribution >= 0.6 is 0 Å². The Balaban J connectivity index is 1.45. The number of phenols is 1. The Morgan fingerprint density at radius 3 is 2.84 bits per heavy atom. The second-order valence-corrected chi connectivity index (χ2v) is 10.6. The number of aromatic hydroxyl groups is 1. The molecule has 6 heteroatoms. The molecule has 166 valence electrons. The summed E-state index contributed by atoms with van der Waals surface area (Å²) in [7, 11) is 3.73. The number of nitrogens with zero attached hydrogens (tertiary/aromatic N) is 1. The lowest BCUT2D eigenvalue weighted by atomic mass is 9.44. The van der Waals surface area contributed by atoms with Gasteiger partial charge in [0.15, 0.2) is 23.4 Å². The van der Waals surface area contributed by atoms with E-state index in [1.54, 1.807) is 13.2 Å². The van der Waals surface area contributed by atoms with Crippen molar-refractivity contribution in [2.24, 2.45) is 5.41 Å². The summed E-state index contributed by atoms with van der Waals surface area (Å²) in [6, 6.07) is 9.49. The van der Waals surface area contributed by atoms with Crippen molar-refractivity contribution in [3.63, 3.8) is 0 Å². The number of Topliss-reactive ketones (excluding diaryl/α,β-unsaturated/α-hetero) is 1. The van der Waals surface area contributed by atoms with Crippen LogP contribution in [-0.4, -0.2) is 59.3 Å². The first-order valence-electron chi connectivity index (χ1n) is 11.5. The number of hydrogen-bond donors (Lipinski definition) is 2. The van der Waals surface area contributed by atoms with Gasteiger partial charge in [-0.1, -0.05) is 18.2 Å². The smallest absolute Gasteiger partial charge is 0.181 e. The lowest BCUT2D eigenvalue weighted by Crippen LogP contribution is -2.79. The number of ether oxygens (including phenoxy) is 2. The van der Waals surface area contributed by atoms with Gasteiger partial charge in [-0.15, -0.1) is 0 Å². The SMILES string of the molecule is COc1cccc2c1CC1(C2)C[C@@]2(O)C3Cc4ccc(O)c5c4C2(CCN3C)C(O5)C1=O. The summed E-state index contributed by atoms with van der Waals surface area (Å²) >= 11 is 0. The molecule has 6 nitrogen and oxygen atoms in total. The molecule has 7 rings (SSSR count). The van der Waals surface area contributed by atoms with Crippen molar-refractivity contribution in [2.45, 2.75) is 55.3 Å². The van der Waals surface area contributed by atoms with Crippen LogP contribution in [0.1, 0.15) is 35.1 Å². The normalized spacial score (nSPS) is 38.4. The molecule has 2 N–H and O–H groups in total. The molecule has 4 unspecified atom stereocenters. The highest BCUT2D eigenvalue weighted by molar-refractivity contribution is 5.96. The average molecular weight is 434 g/mol. The van der Waals surface area contributed by atoms with Crippen LogP contribution in [0.5, 0.6) is 17.2 Å². The Labute approximate surface area is 186 Å². The van der Waals surface area contributed by atoms with E-state index < -0.39 is 22.5 Å². The molecule has 3 aliphatic carbocycles. The second kappa shape index (κ2) is 5.67. The summed E-state index contributed by atoms with van der Waals surface area (Å²) in [6.07, 6.45) is 2.09. The molecule has 0 amide bonds. The lowest BCUT2D eigenvalue weighted by molar-refractivity contribution is -0.206. The second-order valence-electron chi connectivity index (χ2n) is 10.6. The van der Waals surface area contributed by atoms with Crippen molar-refractivity contribution in [1.82, 2.24) is 4.90 Å². The van der Waals surface area contributed by atoms with Gasteiger partial charge >= 0.3 is 0 Å². The summed E-state index contributed by atoms with van der Waals surface area (Å²) in [5.74, 6) is 1.33. The molecule has 32 heavy (non-hydrogen) atoms. The van der Waals surface area contributed by atoms with Crippen molar-refractivity contribution >= 4 is 5.78 Å². The molecule has 0 radical (unpaired) electrons. The minimum absolute atomic E-state index is 0.0606. The average Bonchev–Trinajstić information content (AvgIpc) is 3.32. The van der Waals surface area contributed by atoms with Gasteiger partial charge in [0.1, 0.15) is 5.75 Å². The van der Waals surface area contributed by atoms with Gasteiger partial charge in [0.25, 0.3) is 0 Å². The van der Waals surface area contributed by atoms with Gasteiger partial charge in [0.2, 0.25) is 0 Å². The van der Waals surface area contributed by atoms with Crippen LogP contribution in [0.3, 0.4) is 0 Å². The van der Waals surface area contributed by atoms with Crippen molar-refractivity contribution in [2.75, 3.05) is 20.7 Å². The van der Waals surface area contributed by atoms with Crippen LogP contribution < -0.4 is 9.47 Å². The standard InChI is InChI=1S/C26H27NO5/c1-27-9-8-25-20-14-6-7-17(28)21(20)32-23(25)22(29)24(13-26(25,30)19(27)10-14)11-15-4-3-5-18(31-2)16(15)12-24/h3-7,19,23,28,30H,8-13H2,1-2H3/t19?,23?,24?,25?,26-/m1/s1. The largest absolute Gasteiger partial charge is 0.504 e. The Kier molecular flexibility index (Phi) is 3.36. The molecule has 2 heterocycles. The van der Waals surface area contributed by atoms with Gasteiger partial charge in [0, 0.05) is 17.0 Å². The molecule has 2 bridgehead atoms. The number of phenolic OH excluding ortho intramolecular Hbond substituents is 1. The summed E-state index contributed by atoms with van der Waals surface area (Å²) < 4.78 is 12.0. The monoisotopic (exact) mass is 433 g/mol. The third kappa shape index (κ3) is 1.86. The highest BCUT2D eigenvalue weighted by atomic mass is 16.5. The first-order valence-corrected chi connectivity index (χ1v) is 11.5. The van der Waals surface area contributed by atoms with Gasteiger partial charge in [-0.25, -0.2) is 0 Å². The first kappa shape index (κ1) is 18.9. The number of hydrogen-bond acceptors (Lipinski definition) is 6. The number of piperidine rings is 1. The zero-order chi connectivity index (χ0) is 22.0. The number of methoxy groups -OCH3 is 1. The molecule has 2 aromatic rings. The van der Waals surface area contributed by atoms with Crippen LogP contribution in [0.2, 0.25) is 0 Å². The number of carbonyl (C=O) groups is 1. The van der Waals surface area contributed by atoms with Crippen LogP contribution in [0.4, 0.5) is 0 Å². The van der Waals surface area contributed by atoms with Gasteiger partial charge in [0.05, 0.1) is 18.1 Å². The molecule has 2 aliphatic heterocycles. The number of ketones is 1. The number of likely N-dealkylation sites (tertiary alicyclic amines) is 1. The van der Waals surface area contributed by atoms with Crippen molar-refractivity contribution < 1.29 is 24.5 Å². The fourth-order valence-corrected chi connectivity index (χ4v) is 8.03. The Bertz CT molecular complexity index is 1210. The molecule has 2 aromatic carbocycles. The van der Waals surface area contributed by atoms with E-state index in [0.29, 0.717) is 37.9 Å². The van der Waals surface area contributed by atoms with E-state index in [-0.39, 0.29) is 17.6 Å². The summed E-state index contributed by atoms with van der Waals surface area (Å²) in [5, 5.41) is 23.3. The topological polar surface area (TPSA) is 79.2 Å². The number of likely N-dealkylation sites (N-methyl/N-ethyl adjacent to an activating group) is 1. The maximum atomic E-state index is 14.3. The summed E-state index contributed by atoms with van der Waals surface area (Å²) in [6.45, 7) is 0.787. The van der Waals surface area contributed by atoms with Crippen LogP contribution in [0.15, 0.2) is 30.3 Å². The van der Waals surface area contributed by atoms with E-state index in [9.17, 15) is 15.0 Å². The van der Waals surface area contributed by atoms with Crippen molar-refractivity contribution in [3.05, 3.63) is 52.6 Å². The van der Waals surface area contributed by atoms with E-state index in [0.717, 1.165) is 34.5 Å². The minimum atomic E-state index is -1.11. The molecule has 0 aromatic heterocycles.